The number of rotatable bonds is 5. The number of hydrogen-bond donors (Lipinski definition) is 0. The van der Waals surface area contributed by atoms with Crippen molar-refractivity contribution in [1.82, 2.24) is 4.90 Å². The smallest absolute Gasteiger partial charge is 0.269 e. The number of piperidine rings is 1. The molecule has 1 aliphatic rings. The van der Waals surface area contributed by atoms with Crippen molar-refractivity contribution in [2.75, 3.05) is 13.1 Å². The Bertz CT molecular complexity index is 672. The van der Waals surface area contributed by atoms with E-state index in [1.807, 2.05) is 6.20 Å². The molecule has 0 amide bonds. The van der Waals surface area contributed by atoms with E-state index in [1.54, 1.807) is 6.08 Å². The van der Waals surface area contributed by atoms with E-state index in [0.29, 0.717) is 0 Å². The molecule has 1 aromatic rings. The van der Waals surface area contributed by atoms with Crippen molar-refractivity contribution in [2.45, 2.75) is 24.2 Å². The summed E-state index contributed by atoms with van der Waals surface area (Å²) in [5.41, 5.74) is -0.132. The standard InChI is InChI=1S/C15H18N2O4S/c18-17(19)14-6-8-15(9-7-14)22(20,21)13-5-4-12-16-10-2-1-3-11-16/h4-9,12-13H,1-3,10-11H2/b12-4+,13-5+. The summed E-state index contributed by atoms with van der Waals surface area (Å²) < 4.78 is 24.1. The Kier molecular flexibility index (Phi) is 5.32. The molecule has 0 atom stereocenters. The van der Waals surface area contributed by atoms with Crippen molar-refractivity contribution in [3.63, 3.8) is 0 Å². The van der Waals surface area contributed by atoms with Crippen molar-refractivity contribution in [1.29, 1.82) is 0 Å². The van der Waals surface area contributed by atoms with E-state index >= 15 is 0 Å². The van der Waals surface area contributed by atoms with Crippen LogP contribution in [0.4, 0.5) is 5.69 Å². The molecular formula is C15H18N2O4S. The Labute approximate surface area is 129 Å². The summed E-state index contributed by atoms with van der Waals surface area (Å²) >= 11 is 0. The molecule has 22 heavy (non-hydrogen) atoms. The Morgan fingerprint density at radius 3 is 2.27 bits per heavy atom. The van der Waals surface area contributed by atoms with E-state index in [9.17, 15) is 18.5 Å². The number of sulfone groups is 1. The van der Waals surface area contributed by atoms with Crippen molar-refractivity contribution in [3.05, 3.63) is 58.1 Å². The fourth-order valence-corrected chi connectivity index (χ4v) is 3.19. The molecule has 0 aromatic heterocycles. The highest BCUT2D eigenvalue weighted by molar-refractivity contribution is 7.94. The minimum Gasteiger partial charge on any atom is -0.377 e. The highest BCUT2D eigenvalue weighted by atomic mass is 32.2. The first-order valence-corrected chi connectivity index (χ1v) is 8.62. The third-order valence-corrected chi connectivity index (χ3v) is 4.88. The third kappa shape index (κ3) is 4.42. The second kappa shape index (κ2) is 7.22. The van der Waals surface area contributed by atoms with Gasteiger partial charge in [-0.15, -0.1) is 0 Å². The molecule has 0 N–H and O–H groups in total. The minimum atomic E-state index is -3.58. The van der Waals surface area contributed by atoms with Crippen LogP contribution in [0.1, 0.15) is 19.3 Å². The number of nitro groups is 1. The Hall–Kier alpha value is -2.15. The molecule has 0 aliphatic carbocycles. The van der Waals surface area contributed by atoms with Crippen LogP contribution in [-0.4, -0.2) is 31.3 Å². The zero-order chi connectivity index (χ0) is 16.0. The van der Waals surface area contributed by atoms with Crippen molar-refractivity contribution in [3.8, 4) is 0 Å². The summed E-state index contributed by atoms with van der Waals surface area (Å²) in [6.45, 7) is 2.00. The average molecular weight is 322 g/mol. The average Bonchev–Trinajstić information content (AvgIpc) is 2.53. The van der Waals surface area contributed by atoms with Crippen molar-refractivity contribution < 1.29 is 13.3 Å². The van der Waals surface area contributed by atoms with Crippen LogP contribution in [0.3, 0.4) is 0 Å². The predicted molar refractivity (Wildman–Crippen MR) is 84.0 cm³/mol. The number of nitro benzene ring substituents is 1. The lowest BCUT2D eigenvalue weighted by Gasteiger charge is -2.24. The van der Waals surface area contributed by atoms with E-state index in [2.05, 4.69) is 4.90 Å². The molecule has 0 saturated carbocycles. The first-order valence-electron chi connectivity index (χ1n) is 7.07. The lowest BCUT2D eigenvalue weighted by molar-refractivity contribution is -0.384. The summed E-state index contributed by atoms with van der Waals surface area (Å²) in [5.74, 6) is 0. The highest BCUT2D eigenvalue weighted by Gasteiger charge is 2.12. The summed E-state index contributed by atoms with van der Waals surface area (Å²) in [6, 6.07) is 4.85. The maximum absolute atomic E-state index is 12.1. The molecule has 0 bridgehead atoms. The normalized spacial score (nSPS) is 16.5. The molecule has 6 nitrogen and oxygen atoms in total. The first kappa shape index (κ1) is 16.2. The molecule has 2 rings (SSSR count). The van der Waals surface area contributed by atoms with Crippen LogP contribution >= 0.6 is 0 Å². The summed E-state index contributed by atoms with van der Waals surface area (Å²) in [5, 5.41) is 11.7. The van der Waals surface area contributed by atoms with E-state index in [-0.39, 0.29) is 10.6 Å². The van der Waals surface area contributed by atoms with E-state index < -0.39 is 14.8 Å². The SMILES string of the molecule is O=[N+]([O-])c1ccc(S(=O)(=O)/C=C/C=C/N2CCCCC2)cc1. The van der Waals surface area contributed by atoms with Gasteiger partial charge in [0, 0.05) is 30.6 Å². The summed E-state index contributed by atoms with van der Waals surface area (Å²) in [4.78, 5) is 12.2. The van der Waals surface area contributed by atoms with Gasteiger partial charge in [0.15, 0.2) is 9.84 Å². The van der Waals surface area contributed by atoms with Gasteiger partial charge in [-0.25, -0.2) is 8.42 Å². The molecular weight excluding hydrogens is 304 g/mol. The van der Waals surface area contributed by atoms with E-state index in [0.717, 1.165) is 31.3 Å². The van der Waals surface area contributed by atoms with Crippen LogP contribution < -0.4 is 0 Å². The van der Waals surface area contributed by atoms with Gasteiger partial charge in [-0.05, 0) is 49.7 Å². The van der Waals surface area contributed by atoms with E-state index in [1.165, 1.54) is 36.8 Å². The molecule has 1 saturated heterocycles. The highest BCUT2D eigenvalue weighted by Crippen LogP contribution is 2.17. The lowest BCUT2D eigenvalue weighted by atomic mass is 10.1. The van der Waals surface area contributed by atoms with Crippen LogP contribution in [0, 0.1) is 10.1 Å². The van der Waals surface area contributed by atoms with Crippen LogP contribution in [0.15, 0.2) is 52.9 Å². The second-order valence-corrected chi connectivity index (χ2v) is 6.90. The van der Waals surface area contributed by atoms with Gasteiger partial charge in [-0.3, -0.25) is 10.1 Å². The summed E-state index contributed by atoms with van der Waals surface area (Å²) in [6.07, 6.45) is 8.64. The van der Waals surface area contributed by atoms with Crippen LogP contribution in [0.2, 0.25) is 0 Å². The second-order valence-electron chi connectivity index (χ2n) is 5.06. The molecule has 1 fully saturated rings. The molecule has 0 radical (unpaired) electrons. The van der Waals surface area contributed by atoms with Gasteiger partial charge in [-0.2, -0.15) is 0 Å². The van der Waals surface area contributed by atoms with Gasteiger partial charge >= 0.3 is 0 Å². The largest absolute Gasteiger partial charge is 0.377 e. The van der Waals surface area contributed by atoms with Crippen molar-refractivity contribution in [2.24, 2.45) is 0 Å². The molecule has 0 unspecified atom stereocenters. The Morgan fingerprint density at radius 1 is 1.05 bits per heavy atom. The maximum atomic E-state index is 12.1. The lowest BCUT2D eigenvalue weighted by Crippen LogP contribution is -2.23. The molecule has 1 heterocycles. The summed E-state index contributed by atoms with van der Waals surface area (Å²) in [7, 11) is -3.58. The molecule has 7 heteroatoms. The third-order valence-electron chi connectivity index (χ3n) is 3.43. The van der Waals surface area contributed by atoms with Crippen LogP contribution in [0.5, 0.6) is 0 Å². The number of hydrogen-bond acceptors (Lipinski definition) is 5. The number of non-ortho nitro benzene ring substituents is 1. The Balaban J connectivity index is 2.01. The monoisotopic (exact) mass is 322 g/mol. The van der Waals surface area contributed by atoms with Gasteiger partial charge < -0.3 is 4.90 Å². The number of likely N-dealkylation sites (tertiary alicyclic amines) is 1. The predicted octanol–water partition coefficient (Wildman–Crippen LogP) is 2.88. The van der Waals surface area contributed by atoms with Gasteiger partial charge in [0.25, 0.3) is 5.69 Å². The zero-order valence-electron chi connectivity index (χ0n) is 12.1. The zero-order valence-corrected chi connectivity index (χ0v) is 12.9. The molecule has 118 valence electrons. The number of allylic oxidation sites excluding steroid dienone is 2. The van der Waals surface area contributed by atoms with Gasteiger partial charge in [0.1, 0.15) is 0 Å². The topological polar surface area (TPSA) is 80.5 Å². The number of nitrogens with zero attached hydrogens (tertiary/aromatic N) is 2. The van der Waals surface area contributed by atoms with E-state index in [4.69, 9.17) is 0 Å². The van der Waals surface area contributed by atoms with Crippen molar-refractivity contribution >= 4 is 15.5 Å². The first-order chi connectivity index (χ1) is 10.5. The maximum Gasteiger partial charge on any atom is 0.269 e. The molecule has 1 aromatic carbocycles. The molecule has 0 spiro atoms. The molecule has 1 aliphatic heterocycles. The van der Waals surface area contributed by atoms with Gasteiger partial charge in [0.05, 0.1) is 9.82 Å². The quantitative estimate of drug-likeness (QED) is 0.473. The minimum absolute atomic E-state index is 0.0423. The fraction of sp³-hybridized carbons (Fsp3) is 0.333. The fourth-order valence-electron chi connectivity index (χ4n) is 2.22. The Morgan fingerprint density at radius 2 is 1.68 bits per heavy atom. The van der Waals surface area contributed by atoms with Crippen LogP contribution in [0.25, 0.3) is 0 Å². The number of benzene rings is 1. The van der Waals surface area contributed by atoms with Gasteiger partial charge in [-0.1, -0.05) is 0 Å². The van der Waals surface area contributed by atoms with Crippen LogP contribution in [-0.2, 0) is 9.84 Å². The van der Waals surface area contributed by atoms with Gasteiger partial charge in [0.2, 0.25) is 0 Å².